The minimum absolute atomic E-state index is 0.316. The fourth-order valence-electron chi connectivity index (χ4n) is 4.27. The summed E-state index contributed by atoms with van der Waals surface area (Å²) in [6.45, 7) is 0. The van der Waals surface area contributed by atoms with Gasteiger partial charge in [0, 0.05) is 12.6 Å². The lowest BCUT2D eigenvalue weighted by Gasteiger charge is -2.25. The molecule has 0 bridgehead atoms. The standard InChI is InChI=1S/C31H23F2N/c1-34(30-15-9-8-14-28(30)32)31-27(20-26(21-29(31)33)23-12-6-3-7-13-23)25-18-16-24(17-19-25)22-10-4-2-5-11-22/h2-21H,1H3. The highest BCUT2D eigenvalue weighted by atomic mass is 19.1. The van der Waals surface area contributed by atoms with Crippen LogP contribution in [0.4, 0.5) is 20.2 Å². The summed E-state index contributed by atoms with van der Waals surface area (Å²) in [6.07, 6.45) is 0. The first-order valence-electron chi connectivity index (χ1n) is 11.1. The Bertz CT molecular complexity index is 1410. The van der Waals surface area contributed by atoms with Crippen LogP contribution in [0.5, 0.6) is 0 Å². The zero-order valence-electron chi connectivity index (χ0n) is 18.8. The molecule has 0 spiro atoms. The predicted molar refractivity (Wildman–Crippen MR) is 137 cm³/mol. The van der Waals surface area contributed by atoms with Crippen LogP contribution in [0.3, 0.4) is 0 Å². The van der Waals surface area contributed by atoms with Gasteiger partial charge >= 0.3 is 0 Å². The van der Waals surface area contributed by atoms with Crippen molar-refractivity contribution in [3.63, 3.8) is 0 Å². The summed E-state index contributed by atoms with van der Waals surface area (Å²) in [7, 11) is 1.70. The first-order valence-corrected chi connectivity index (χ1v) is 11.1. The molecule has 3 heteroatoms. The lowest BCUT2D eigenvalue weighted by Crippen LogP contribution is -2.14. The van der Waals surface area contributed by atoms with Gasteiger partial charge in [-0.1, -0.05) is 97.1 Å². The van der Waals surface area contributed by atoms with Crippen LogP contribution >= 0.6 is 0 Å². The van der Waals surface area contributed by atoms with E-state index < -0.39 is 11.6 Å². The summed E-state index contributed by atoms with van der Waals surface area (Å²) in [4.78, 5) is 1.58. The van der Waals surface area contributed by atoms with Crippen LogP contribution in [0.25, 0.3) is 33.4 Å². The minimum atomic E-state index is -0.408. The first kappa shape index (κ1) is 21.6. The molecule has 0 aromatic heterocycles. The van der Waals surface area contributed by atoms with Gasteiger partial charge in [-0.3, -0.25) is 0 Å². The van der Waals surface area contributed by atoms with Crippen LogP contribution in [0.15, 0.2) is 121 Å². The molecule has 0 saturated heterocycles. The van der Waals surface area contributed by atoms with Gasteiger partial charge < -0.3 is 4.90 Å². The largest absolute Gasteiger partial charge is 0.339 e. The van der Waals surface area contributed by atoms with Gasteiger partial charge in [0.1, 0.15) is 11.6 Å². The van der Waals surface area contributed by atoms with Gasteiger partial charge in [0.25, 0.3) is 0 Å². The van der Waals surface area contributed by atoms with Crippen molar-refractivity contribution >= 4 is 11.4 Å². The van der Waals surface area contributed by atoms with E-state index in [1.54, 1.807) is 30.1 Å². The summed E-state index contributed by atoms with van der Waals surface area (Å²) in [5.74, 6) is -0.809. The summed E-state index contributed by atoms with van der Waals surface area (Å²) in [5.41, 5.74) is 6.08. The highest BCUT2D eigenvalue weighted by Gasteiger charge is 2.20. The number of benzene rings is 5. The molecule has 5 aromatic rings. The van der Waals surface area contributed by atoms with Crippen molar-refractivity contribution in [2.75, 3.05) is 11.9 Å². The second-order valence-corrected chi connectivity index (χ2v) is 8.17. The molecule has 0 aliphatic carbocycles. The highest BCUT2D eigenvalue weighted by Crippen LogP contribution is 2.40. The molecule has 0 aliphatic heterocycles. The van der Waals surface area contributed by atoms with Crippen LogP contribution in [0.2, 0.25) is 0 Å². The Labute approximate surface area is 198 Å². The molecule has 0 aliphatic rings. The van der Waals surface area contributed by atoms with Crippen LogP contribution in [-0.4, -0.2) is 7.05 Å². The normalized spacial score (nSPS) is 10.8. The number of hydrogen-bond acceptors (Lipinski definition) is 1. The molecule has 34 heavy (non-hydrogen) atoms. The topological polar surface area (TPSA) is 3.24 Å². The molecule has 0 saturated carbocycles. The summed E-state index contributed by atoms with van der Waals surface area (Å²) < 4.78 is 30.3. The molecule has 0 heterocycles. The van der Waals surface area contributed by atoms with Gasteiger partial charge in [-0.2, -0.15) is 0 Å². The third-order valence-electron chi connectivity index (χ3n) is 6.02. The molecule has 166 valence electrons. The molecule has 0 fully saturated rings. The maximum Gasteiger partial charge on any atom is 0.148 e. The van der Waals surface area contributed by atoms with E-state index in [-0.39, 0.29) is 0 Å². The molecule has 0 radical (unpaired) electrons. The van der Waals surface area contributed by atoms with Crippen LogP contribution in [0, 0.1) is 11.6 Å². The summed E-state index contributed by atoms with van der Waals surface area (Å²) in [5, 5.41) is 0. The van der Waals surface area contributed by atoms with Crippen molar-refractivity contribution in [2.45, 2.75) is 0 Å². The Morgan fingerprint density at radius 2 is 0.971 bits per heavy atom. The van der Waals surface area contributed by atoms with Crippen LogP contribution in [0.1, 0.15) is 0 Å². The molecular formula is C31H23F2N. The quantitative estimate of drug-likeness (QED) is 0.260. The SMILES string of the molecule is CN(c1ccccc1F)c1c(F)cc(-c2ccccc2)cc1-c1ccc(-c2ccccc2)cc1. The first-order chi connectivity index (χ1) is 16.6. The van der Waals surface area contributed by atoms with Crippen molar-refractivity contribution in [2.24, 2.45) is 0 Å². The summed E-state index contributed by atoms with van der Waals surface area (Å²) >= 11 is 0. The van der Waals surface area contributed by atoms with Crippen molar-refractivity contribution in [1.82, 2.24) is 0 Å². The zero-order valence-corrected chi connectivity index (χ0v) is 18.8. The Hall–Kier alpha value is -4.24. The van der Waals surface area contributed by atoms with Gasteiger partial charge in [-0.05, 0) is 52.1 Å². The lowest BCUT2D eigenvalue weighted by atomic mass is 9.94. The van der Waals surface area contributed by atoms with Gasteiger partial charge in [-0.15, -0.1) is 0 Å². The van der Waals surface area contributed by atoms with Crippen LogP contribution in [-0.2, 0) is 0 Å². The molecule has 1 nitrogen and oxygen atoms in total. The Morgan fingerprint density at radius 3 is 1.59 bits per heavy atom. The van der Waals surface area contributed by atoms with Crippen molar-refractivity contribution in [1.29, 1.82) is 0 Å². The smallest absolute Gasteiger partial charge is 0.148 e. The lowest BCUT2D eigenvalue weighted by molar-refractivity contribution is 0.618. The third-order valence-corrected chi connectivity index (χ3v) is 6.02. The van der Waals surface area contributed by atoms with Crippen molar-refractivity contribution < 1.29 is 8.78 Å². The van der Waals surface area contributed by atoms with E-state index in [0.717, 1.165) is 27.8 Å². The zero-order chi connectivity index (χ0) is 23.5. The Morgan fingerprint density at radius 1 is 0.471 bits per heavy atom. The summed E-state index contributed by atoms with van der Waals surface area (Å²) in [6, 6.07) is 37.8. The second-order valence-electron chi connectivity index (χ2n) is 8.17. The number of rotatable bonds is 5. The Balaban J connectivity index is 1.67. The molecule has 0 unspecified atom stereocenters. The molecule has 5 aromatic carbocycles. The maximum atomic E-state index is 15.7. The van der Waals surface area contributed by atoms with E-state index in [1.165, 1.54) is 12.1 Å². The molecule has 0 atom stereocenters. The Kier molecular flexibility index (Phi) is 5.92. The average molecular weight is 448 g/mol. The number of anilines is 2. The number of para-hydroxylation sites is 1. The highest BCUT2D eigenvalue weighted by molar-refractivity contribution is 5.87. The van der Waals surface area contributed by atoms with E-state index in [9.17, 15) is 4.39 Å². The fourth-order valence-corrected chi connectivity index (χ4v) is 4.27. The monoisotopic (exact) mass is 447 g/mol. The molecule has 5 rings (SSSR count). The second kappa shape index (κ2) is 9.32. The van der Waals surface area contributed by atoms with E-state index in [0.29, 0.717) is 16.9 Å². The van der Waals surface area contributed by atoms with Gasteiger partial charge in [0.05, 0.1) is 11.4 Å². The molecule has 0 N–H and O–H groups in total. The molecule has 0 amide bonds. The van der Waals surface area contributed by atoms with Crippen molar-refractivity contribution in [3.8, 4) is 33.4 Å². The van der Waals surface area contributed by atoms with E-state index >= 15 is 4.39 Å². The van der Waals surface area contributed by atoms with Gasteiger partial charge in [0.2, 0.25) is 0 Å². The molecular weight excluding hydrogens is 424 g/mol. The fraction of sp³-hybridized carbons (Fsp3) is 0.0323. The van der Waals surface area contributed by atoms with Gasteiger partial charge in [0.15, 0.2) is 0 Å². The van der Waals surface area contributed by atoms with Crippen molar-refractivity contribution in [3.05, 3.63) is 133 Å². The number of nitrogens with zero attached hydrogens (tertiary/aromatic N) is 1. The number of hydrogen-bond donors (Lipinski definition) is 0. The number of halogens is 2. The minimum Gasteiger partial charge on any atom is -0.339 e. The van der Waals surface area contributed by atoms with Crippen LogP contribution < -0.4 is 4.90 Å². The predicted octanol–water partition coefficient (Wildman–Crippen LogP) is 8.73. The van der Waals surface area contributed by atoms with E-state index in [4.69, 9.17) is 0 Å². The van der Waals surface area contributed by atoms with E-state index in [1.807, 2.05) is 78.9 Å². The average Bonchev–Trinajstić information content (AvgIpc) is 2.89. The van der Waals surface area contributed by atoms with Gasteiger partial charge in [-0.25, -0.2) is 8.78 Å². The van der Waals surface area contributed by atoms with E-state index in [2.05, 4.69) is 12.1 Å². The third kappa shape index (κ3) is 4.20. The maximum absolute atomic E-state index is 15.7.